The predicted octanol–water partition coefficient (Wildman–Crippen LogP) is 1.81. The highest BCUT2D eigenvalue weighted by Gasteiger charge is 2.10. The van der Waals surface area contributed by atoms with E-state index in [1.54, 1.807) is 0 Å². The molecular formula is C13H14N4O. The number of benzene rings is 1. The molecular weight excluding hydrogens is 228 g/mol. The fraction of sp³-hybridized carbons (Fsp3) is 0.0769. The lowest BCUT2D eigenvalue weighted by Gasteiger charge is -2.10. The maximum Gasteiger partial charge on any atom is 0.252 e. The first kappa shape index (κ1) is 11.9. The van der Waals surface area contributed by atoms with Crippen molar-refractivity contribution in [2.24, 2.45) is 5.73 Å². The van der Waals surface area contributed by atoms with Crippen LogP contribution in [0.15, 0.2) is 36.5 Å². The number of aryl methyl sites for hydroxylation is 1. The van der Waals surface area contributed by atoms with Gasteiger partial charge < -0.3 is 16.8 Å². The minimum Gasteiger partial charge on any atom is -0.397 e. The van der Waals surface area contributed by atoms with Gasteiger partial charge in [-0.25, -0.2) is 4.98 Å². The third-order valence-corrected chi connectivity index (χ3v) is 2.46. The molecule has 18 heavy (non-hydrogen) atoms. The first-order valence-electron chi connectivity index (χ1n) is 5.45. The van der Waals surface area contributed by atoms with E-state index in [2.05, 4.69) is 10.3 Å². The summed E-state index contributed by atoms with van der Waals surface area (Å²) in [4.78, 5) is 15.4. The molecule has 1 aromatic heterocycles. The zero-order chi connectivity index (χ0) is 13.1. The second-order valence-corrected chi connectivity index (χ2v) is 4.02. The van der Waals surface area contributed by atoms with Crippen LogP contribution in [-0.4, -0.2) is 10.9 Å². The van der Waals surface area contributed by atoms with Gasteiger partial charge in [0.05, 0.1) is 17.4 Å². The van der Waals surface area contributed by atoms with Crippen LogP contribution in [0.2, 0.25) is 0 Å². The molecule has 5 N–H and O–H groups in total. The van der Waals surface area contributed by atoms with Gasteiger partial charge in [-0.2, -0.15) is 0 Å². The molecule has 0 bridgehead atoms. The fourth-order valence-electron chi connectivity index (χ4n) is 1.63. The minimum atomic E-state index is -0.565. The molecule has 0 saturated carbocycles. The second kappa shape index (κ2) is 4.75. The number of hydrogen-bond donors (Lipinski definition) is 3. The van der Waals surface area contributed by atoms with Crippen LogP contribution in [0.3, 0.4) is 0 Å². The van der Waals surface area contributed by atoms with E-state index in [4.69, 9.17) is 11.5 Å². The van der Waals surface area contributed by atoms with Crippen LogP contribution in [0.1, 0.15) is 15.9 Å². The van der Waals surface area contributed by atoms with Gasteiger partial charge in [0.25, 0.3) is 5.91 Å². The van der Waals surface area contributed by atoms with Crippen molar-refractivity contribution in [3.63, 3.8) is 0 Å². The molecule has 5 heteroatoms. The van der Waals surface area contributed by atoms with Crippen molar-refractivity contribution in [3.05, 3.63) is 47.7 Å². The molecule has 1 aromatic carbocycles. The number of nitrogens with zero attached hydrogens (tertiary/aromatic N) is 1. The topological polar surface area (TPSA) is 94.0 Å². The zero-order valence-electron chi connectivity index (χ0n) is 9.97. The summed E-state index contributed by atoms with van der Waals surface area (Å²) in [5.41, 5.74) is 13.5. The fourth-order valence-corrected chi connectivity index (χ4v) is 1.63. The molecule has 1 amide bonds. The van der Waals surface area contributed by atoms with Crippen molar-refractivity contribution in [2.75, 3.05) is 11.1 Å². The standard InChI is InChI=1S/C13H14N4O/c1-8-3-2-4-10(5-8)17-13-11(12(15)18)6-9(14)7-16-13/h2-7H,14H2,1H3,(H2,15,18)(H,16,17). The lowest BCUT2D eigenvalue weighted by Crippen LogP contribution is -2.14. The molecule has 0 aliphatic carbocycles. The summed E-state index contributed by atoms with van der Waals surface area (Å²) in [7, 11) is 0. The number of carbonyl (C=O) groups is 1. The summed E-state index contributed by atoms with van der Waals surface area (Å²) in [6.07, 6.45) is 1.48. The van der Waals surface area contributed by atoms with Crippen molar-refractivity contribution in [3.8, 4) is 0 Å². The van der Waals surface area contributed by atoms with Gasteiger partial charge >= 0.3 is 0 Å². The summed E-state index contributed by atoms with van der Waals surface area (Å²) < 4.78 is 0. The maximum absolute atomic E-state index is 11.3. The van der Waals surface area contributed by atoms with Crippen molar-refractivity contribution in [1.82, 2.24) is 4.98 Å². The number of amides is 1. The van der Waals surface area contributed by atoms with Gasteiger partial charge in [-0.15, -0.1) is 0 Å². The number of hydrogen-bond acceptors (Lipinski definition) is 4. The first-order valence-corrected chi connectivity index (χ1v) is 5.45. The number of aromatic nitrogens is 1. The summed E-state index contributed by atoms with van der Waals surface area (Å²) in [5.74, 6) is -0.160. The lowest BCUT2D eigenvalue weighted by molar-refractivity contribution is 0.100. The third-order valence-electron chi connectivity index (χ3n) is 2.46. The Labute approximate surface area is 105 Å². The van der Waals surface area contributed by atoms with Gasteiger partial charge in [-0.1, -0.05) is 12.1 Å². The molecule has 0 fully saturated rings. The van der Waals surface area contributed by atoms with Crippen molar-refractivity contribution in [1.29, 1.82) is 0 Å². The molecule has 0 saturated heterocycles. The average Bonchev–Trinajstić information content (AvgIpc) is 2.31. The van der Waals surface area contributed by atoms with E-state index in [9.17, 15) is 4.79 Å². The summed E-state index contributed by atoms with van der Waals surface area (Å²) in [6, 6.07) is 9.24. The SMILES string of the molecule is Cc1cccc(Nc2ncc(N)cc2C(N)=O)c1. The first-order chi connectivity index (χ1) is 8.56. The van der Waals surface area contributed by atoms with Crippen LogP contribution in [0.4, 0.5) is 17.2 Å². The number of nitrogen functional groups attached to an aromatic ring is 1. The van der Waals surface area contributed by atoms with Crippen LogP contribution in [0.25, 0.3) is 0 Å². The molecule has 0 aliphatic rings. The van der Waals surface area contributed by atoms with Crippen LogP contribution in [-0.2, 0) is 0 Å². The molecule has 92 valence electrons. The Morgan fingerprint density at radius 2 is 2.11 bits per heavy atom. The van der Waals surface area contributed by atoms with E-state index in [0.29, 0.717) is 11.5 Å². The van der Waals surface area contributed by atoms with E-state index in [1.807, 2.05) is 31.2 Å². The summed E-state index contributed by atoms with van der Waals surface area (Å²) in [6.45, 7) is 1.98. The Morgan fingerprint density at radius 3 is 2.78 bits per heavy atom. The van der Waals surface area contributed by atoms with Gasteiger partial charge in [-0.3, -0.25) is 4.79 Å². The van der Waals surface area contributed by atoms with Crippen molar-refractivity contribution >= 4 is 23.1 Å². The van der Waals surface area contributed by atoms with E-state index in [1.165, 1.54) is 12.3 Å². The Morgan fingerprint density at radius 1 is 1.33 bits per heavy atom. The van der Waals surface area contributed by atoms with E-state index >= 15 is 0 Å². The normalized spacial score (nSPS) is 10.1. The van der Waals surface area contributed by atoms with Gasteiger partial charge in [-0.05, 0) is 30.7 Å². The molecule has 1 heterocycles. The monoisotopic (exact) mass is 242 g/mol. The average molecular weight is 242 g/mol. The zero-order valence-corrected chi connectivity index (χ0v) is 9.97. The Kier molecular flexibility index (Phi) is 3.14. The van der Waals surface area contributed by atoms with Crippen LogP contribution < -0.4 is 16.8 Å². The number of primary amides is 1. The third kappa shape index (κ3) is 2.57. The highest BCUT2D eigenvalue weighted by Crippen LogP contribution is 2.20. The summed E-state index contributed by atoms with van der Waals surface area (Å²) >= 11 is 0. The number of rotatable bonds is 3. The van der Waals surface area contributed by atoms with Crippen LogP contribution in [0.5, 0.6) is 0 Å². The molecule has 0 radical (unpaired) electrons. The molecule has 2 aromatic rings. The summed E-state index contributed by atoms with van der Waals surface area (Å²) in [5, 5.41) is 3.05. The van der Waals surface area contributed by atoms with Gasteiger partial charge in [0.2, 0.25) is 0 Å². The Balaban J connectivity index is 2.37. The van der Waals surface area contributed by atoms with Crippen molar-refractivity contribution in [2.45, 2.75) is 6.92 Å². The van der Waals surface area contributed by atoms with E-state index in [0.717, 1.165) is 11.3 Å². The highest BCUT2D eigenvalue weighted by atomic mass is 16.1. The Bertz CT molecular complexity index is 595. The molecule has 0 atom stereocenters. The molecule has 2 rings (SSSR count). The smallest absolute Gasteiger partial charge is 0.252 e. The number of anilines is 3. The molecule has 5 nitrogen and oxygen atoms in total. The quantitative estimate of drug-likeness (QED) is 0.765. The number of nitrogens with one attached hydrogen (secondary N) is 1. The maximum atomic E-state index is 11.3. The molecule has 0 aliphatic heterocycles. The van der Waals surface area contributed by atoms with Gasteiger partial charge in [0.15, 0.2) is 0 Å². The number of carbonyl (C=O) groups excluding carboxylic acids is 1. The lowest BCUT2D eigenvalue weighted by atomic mass is 10.2. The van der Waals surface area contributed by atoms with Gasteiger partial charge in [0.1, 0.15) is 5.82 Å². The van der Waals surface area contributed by atoms with E-state index < -0.39 is 5.91 Å². The highest BCUT2D eigenvalue weighted by molar-refractivity contribution is 5.99. The molecule has 0 unspecified atom stereocenters. The number of nitrogens with two attached hydrogens (primary N) is 2. The molecule has 0 spiro atoms. The van der Waals surface area contributed by atoms with Crippen molar-refractivity contribution < 1.29 is 4.79 Å². The predicted molar refractivity (Wildman–Crippen MR) is 71.6 cm³/mol. The largest absolute Gasteiger partial charge is 0.397 e. The van der Waals surface area contributed by atoms with E-state index in [-0.39, 0.29) is 5.56 Å². The second-order valence-electron chi connectivity index (χ2n) is 4.02. The minimum absolute atomic E-state index is 0.275. The van der Waals surface area contributed by atoms with Crippen LogP contribution in [0, 0.1) is 6.92 Å². The van der Waals surface area contributed by atoms with Crippen LogP contribution >= 0.6 is 0 Å². The van der Waals surface area contributed by atoms with Gasteiger partial charge in [0, 0.05) is 5.69 Å². The Hall–Kier alpha value is -2.56. The number of pyridine rings is 1.